The highest BCUT2D eigenvalue weighted by Gasteiger charge is 2.06. The predicted octanol–water partition coefficient (Wildman–Crippen LogP) is 1.30. The van der Waals surface area contributed by atoms with Gasteiger partial charge in [-0.25, -0.2) is 14.8 Å². The lowest BCUT2D eigenvalue weighted by Crippen LogP contribution is -2.09. The molecule has 0 aliphatic heterocycles. The van der Waals surface area contributed by atoms with Crippen LogP contribution in [0, 0.1) is 0 Å². The molecule has 3 aromatic rings. The Kier molecular flexibility index (Phi) is 2.85. The molecular weight excluding hydrogens is 244 g/mol. The van der Waals surface area contributed by atoms with Crippen LogP contribution in [0.4, 0.5) is 0 Å². The summed E-state index contributed by atoms with van der Waals surface area (Å²) in [5.41, 5.74) is 2.88. The molecule has 0 aliphatic rings. The summed E-state index contributed by atoms with van der Waals surface area (Å²) in [6.07, 6.45) is 1.71. The minimum atomic E-state index is -0.453. The van der Waals surface area contributed by atoms with Gasteiger partial charge in [0.05, 0.1) is 17.8 Å². The number of benzene rings is 1. The van der Waals surface area contributed by atoms with Crippen molar-refractivity contribution in [1.29, 1.82) is 0 Å². The quantitative estimate of drug-likeness (QED) is 0.738. The number of H-pyrrole nitrogens is 1. The normalized spacial score (nSPS) is 11.0. The van der Waals surface area contributed by atoms with Crippen LogP contribution in [0.1, 0.15) is 5.82 Å². The van der Waals surface area contributed by atoms with E-state index in [0.717, 1.165) is 17.1 Å². The lowest BCUT2D eigenvalue weighted by molar-refractivity contribution is 0.555. The van der Waals surface area contributed by atoms with Crippen LogP contribution in [0.25, 0.3) is 22.4 Å². The van der Waals surface area contributed by atoms with Crippen molar-refractivity contribution in [2.24, 2.45) is 0 Å². The molecule has 96 valence electrons. The third-order valence-electron chi connectivity index (χ3n) is 2.76. The van der Waals surface area contributed by atoms with E-state index in [1.54, 1.807) is 18.3 Å². The molecule has 2 N–H and O–H groups in total. The average Bonchev–Trinajstić information content (AvgIpc) is 2.78. The zero-order chi connectivity index (χ0) is 13.2. The van der Waals surface area contributed by atoms with Crippen molar-refractivity contribution in [2.45, 2.75) is 6.54 Å². The second-order valence-corrected chi connectivity index (χ2v) is 4.11. The second kappa shape index (κ2) is 4.66. The number of aromatic nitrogens is 3. The van der Waals surface area contributed by atoms with E-state index < -0.39 is 5.76 Å². The number of fused-ring (bicyclic) bond motifs is 1. The molecule has 2 aromatic heterocycles. The third kappa shape index (κ3) is 2.25. The molecule has 19 heavy (non-hydrogen) atoms. The number of nitrogens with zero attached hydrogens (tertiary/aromatic N) is 2. The molecule has 1 aromatic carbocycles. The van der Waals surface area contributed by atoms with Crippen LogP contribution in [0.15, 0.2) is 39.7 Å². The van der Waals surface area contributed by atoms with Crippen LogP contribution in [-0.2, 0) is 6.54 Å². The van der Waals surface area contributed by atoms with E-state index >= 15 is 0 Å². The summed E-state index contributed by atoms with van der Waals surface area (Å²) in [4.78, 5) is 22.3. The first-order chi connectivity index (χ1) is 9.26. The molecule has 3 rings (SSSR count). The van der Waals surface area contributed by atoms with Crippen molar-refractivity contribution < 1.29 is 4.42 Å². The molecule has 6 heteroatoms. The van der Waals surface area contributed by atoms with Gasteiger partial charge < -0.3 is 9.73 Å². The van der Waals surface area contributed by atoms with Crippen molar-refractivity contribution in [3.63, 3.8) is 0 Å². The van der Waals surface area contributed by atoms with Gasteiger partial charge in [0.25, 0.3) is 0 Å². The summed E-state index contributed by atoms with van der Waals surface area (Å²) in [6, 6.07) is 7.30. The van der Waals surface area contributed by atoms with E-state index in [2.05, 4.69) is 20.3 Å². The fourth-order valence-electron chi connectivity index (χ4n) is 1.91. The molecule has 0 saturated carbocycles. The van der Waals surface area contributed by atoms with Gasteiger partial charge in [-0.15, -0.1) is 0 Å². The third-order valence-corrected chi connectivity index (χ3v) is 2.76. The Morgan fingerprint density at radius 1 is 1.37 bits per heavy atom. The number of aromatic amines is 1. The smallest absolute Gasteiger partial charge is 0.408 e. The Labute approximate surface area is 108 Å². The van der Waals surface area contributed by atoms with E-state index in [1.165, 1.54) is 0 Å². The molecule has 0 spiro atoms. The van der Waals surface area contributed by atoms with Gasteiger partial charge in [-0.05, 0) is 25.2 Å². The monoisotopic (exact) mass is 256 g/mol. The minimum Gasteiger partial charge on any atom is -0.408 e. The fraction of sp³-hybridized carbons (Fsp3) is 0.154. The van der Waals surface area contributed by atoms with Crippen LogP contribution in [0.2, 0.25) is 0 Å². The van der Waals surface area contributed by atoms with Crippen LogP contribution >= 0.6 is 0 Å². The van der Waals surface area contributed by atoms with E-state index in [9.17, 15) is 4.79 Å². The fourth-order valence-corrected chi connectivity index (χ4v) is 1.91. The molecule has 0 fully saturated rings. The SMILES string of the molecule is CNCc1nccc(-c2ccc3[nH]c(=O)oc3c2)n1. The summed E-state index contributed by atoms with van der Waals surface area (Å²) in [6.45, 7) is 0.606. The van der Waals surface area contributed by atoms with Gasteiger partial charge in [0.2, 0.25) is 0 Å². The first-order valence-corrected chi connectivity index (χ1v) is 5.86. The van der Waals surface area contributed by atoms with Crippen molar-refractivity contribution in [2.75, 3.05) is 7.05 Å². The second-order valence-electron chi connectivity index (χ2n) is 4.11. The maximum atomic E-state index is 11.1. The molecule has 0 aliphatic carbocycles. The largest absolute Gasteiger partial charge is 0.417 e. The molecule has 6 nitrogen and oxygen atoms in total. The number of oxazole rings is 1. The van der Waals surface area contributed by atoms with E-state index in [1.807, 2.05) is 19.2 Å². The van der Waals surface area contributed by atoms with E-state index in [-0.39, 0.29) is 0 Å². The number of hydrogen-bond acceptors (Lipinski definition) is 5. The number of hydrogen-bond donors (Lipinski definition) is 2. The highest BCUT2D eigenvalue weighted by Crippen LogP contribution is 2.21. The first-order valence-electron chi connectivity index (χ1n) is 5.86. The summed E-state index contributed by atoms with van der Waals surface area (Å²) in [7, 11) is 1.84. The van der Waals surface area contributed by atoms with Gasteiger partial charge in [0.15, 0.2) is 5.58 Å². The maximum Gasteiger partial charge on any atom is 0.417 e. The Balaban J connectivity index is 2.07. The van der Waals surface area contributed by atoms with Crippen molar-refractivity contribution in [3.8, 4) is 11.3 Å². The van der Waals surface area contributed by atoms with Crippen LogP contribution in [0.3, 0.4) is 0 Å². The molecule has 0 radical (unpaired) electrons. The Hall–Kier alpha value is -2.47. The van der Waals surface area contributed by atoms with Gasteiger partial charge in [0, 0.05) is 11.8 Å². The molecular formula is C13H12N4O2. The molecule has 0 saturated heterocycles. The molecule has 0 bridgehead atoms. The molecule has 2 heterocycles. The van der Waals surface area contributed by atoms with Gasteiger partial charge in [-0.3, -0.25) is 4.98 Å². The zero-order valence-corrected chi connectivity index (χ0v) is 10.3. The van der Waals surface area contributed by atoms with Crippen LogP contribution < -0.4 is 11.1 Å². The summed E-state index contributed by atoms with van der Waals surface area (Å²) in [5, 5.41) is 3.01. The standard InChI is InChI=1S/C13H12N4O2/c1-14-7-12-15-5-4-9(16-12)8-2-3-10-11(6-8)19-13(18)17-10/h2-6,14H,7H2,1H3,(H,17,18). The first kappa shape index (κ1) is 11.6. The highest BCUT2D eigenvalue weighted by atomic mass is 16.4. The van der Waals surface area contributed by atoms with Crippen LogP contribution in [-0.4, -0.2) is 22.0 Å². The Morgan fingerprint density at radius 3 is 3.11 bits per heavy atom. The molecule has 0 amide bonds. The van der Waals surface area contributed by atoms with Gasteiger partial charge in [-0.1, -0.05) is 6.07 Å². The van der Waals surface area contributed by atoms with Crippen molar-refractivity contribution >= 4 is 11.1 Å². The van der Waals surface area contributed by atoms with Crippen LogP contribution in [0.5, 0.6) is 0 Å². The van der Waals surface area contributed by atoms with E-state index in [0.29, 0.717) is 17.6 Å². The molecule has 0 unspecified atom stereocenters. The summed E-state index contributed by atoms with van der Waals surface area (Å²) in [5.74, 6) is 0.265. The summed E-state index contributed by atoms with van der Waals surface area (Å²) >= 11 is 0. The number of rotatable bonds is 3. The highest BCUT2D eigenvalue weighted by molar-refractivity contribution is 5.78. The topological polar surface area (TPSA) is 83.8 Å². The number of nitrogens with one attached hydrogen (secondary N) is 2. The van der Waals surface area contributed by atoms with E-state index in [4.69, 9.17) is 4.42 Å². The van der Waals surface area contributed by atoms with Crippen molar-refractivity contribution in [1.82, 2.24) is 20.3 Å². The minimum absolute atomic E-state index is 0.453. The molecule has 0 atom stereocenters. The van der Waals surface area contributed by atoms with Crippen molar-refractivity contribution in [3.05, 3.63) is 46.8 Å². The summed E-state index contributed by atoms with van der Waals surface area (Å²) < 4.78 is 5.04. The predicted molar refractivity (Wildman–Crippen MR) is 70.6 cm³/mol. The average molecular weight is 256 g/mol. The maximum absolute atomic E-state index is 11.1. The zero-order valence-electron chi connectivity index (χ0n) is 10.3. The lowest BCUT2D eigenvalue weighted by Gasteiger charge is -2.03. The Morgan fingerprint density at radius 2 is 2.26 bits per heavy atom. The van der Waals surface area contributed by atoms with Gasteiger partial charge >= 0.3 is 5.76 Å². The lowest BCUT2D eigenvalue weighted by atomic mass is 10.1. The van der Waals surface area contributed by atoms with Gasteiger partial charge in [-0.2, -0.15) is 0 Å². The Bertz CT molecular complexity index is 775. The van der Waals surface area contributed by atoms with Gasteiger partial charge in [0.1, 0.15) is 5.82 Å².